The highest BCUT2D eigenvalue weighted by atomic mass is 16.5. The Hall–Kier alpha value is -2.16. The number of ether oxygens (including phenoxy) is 1. The Balaban J connectivity index is 1.88. The lowest BCUT2D eigenvalue weighted by Gasteiger charge is -2.34. The number of morpholine rings is 1. The van der Waals surface area contributed by atoms with Crippen LogP contribution in [-0.4, -0.2) is 80.0 Å². The number of rotatable bonds is 9. The van der Waals surface area contributed by atoms with Crippen LogP contribution in [0.5, 0.6) is 0 Å². The van der Waals surface area contributed by atoms with Gasteiger partial charge >= 0.3 is 0 Å². The summed E-state index contributed by atoms with van der Waals surface area (Å²) in [4.78, 5) is 18.6. The van der Waals surface area contributed by atoms with Gasteiger partial charge in [-0.15, -0.1) is 0 Å². The first kappa shape index (κ1) is 23.1. The molecule has 0 aliphatic carbocycles. The molecule has 1 unspecified atom stereocenters. The van der Waals surface area contributed by atoms with Gasteiger partial charge in [-0.3, -0.25) is 9.69 Å². The second-order valence-corrected chi connectivity index (χ2v) is 7.49. The van der Waals surface area contributed by atoms with E-state index in [0.717, 1.165) is 25.2 Å². The van der Waals surface area contributed by atoms with E-state index in [1.807, 2.05) is 45.0 Å². The SMILES string of the molecule is CCNC(=O)c1ccc(CN=C(NCC)NCC(C)(O)CN2CCOCC2)cc1. The molecule has 1 aliphatic heterocycles. The van der Waals surface area contributed by atoms with Crippen molar-refractivity contribution in [1.29, 1.82) is 0 Å². The molecule has 1 heterocycles. The number of hydrogen-bond donors (Lipinski definition) is 4. The maximum absolute atomic E-state index is 11.8. The summed E-state index contributed by atoms with van der Waals surface area (Å²) in [6.07, 6.45) is 0. The molecule has 1 saturated heterocycles. The van der Waals surface area contributed by atoms with E-state index in [1.165, 1.54) is 0 Å². The minimum Gasteiger partial charge on any atom is -0.387 e. The Morgan fingerprint density at radius 1 is 1.14 bits per heavy atom. The monoisotopic (exact) mass is 405 g/mol. The van der Waals surface area contributed by atoms with Crippen molar-refractivity contribution in [2.24, 2.45) is 4.99 Å². The molecule has 1 aromatic carbocycles. The molecule has 0 spiro atoms. The molecule has 2 rings (SSSR count). The first-order chi connectivity index (χ1) is 13.9. The molecule has 0 saturated carbocycles. The van der Waals surface area contributed by atoms with E-state index in [0.29, 0.717) is 50.9 Å². The lowest BCUT2D eigenvalue weighted by molar-refractivity contribution is -0.0201. The predicted molar refractivity (Wildman–Crippen MR) is 115 cm³/mol. The molecule has 4 N–H and O–H groups in total. The highest BCUT2D eigenvalue weighted by molar-refractivity contribution is 5.94. The van der Waals surface area contributed by atoms with Crippen LogP contribution in [-0.2, 0) is 11.3 Å². The fourth-order valence-corrected chi connectivity index (χ4v) is 3.11. The van der Waals surface area contributed by atoms with E-state index >= 15 is 0 Å². The van der Waals surface area contributed by atoms with Crippen molar-refractivity contribution in [3.8, 4) is 0 Å². The first-order valence-corrected chi connectivity index (χ1v) is 10.4. The van der Waals surface area contributed by atoms with Crippen LogP contribution in [0.3, 0.4) is 0 Å². The van der Waals surface area contributed by atoms with Crippen molar-refractivity contribution in [3.05, 3.63) is 35.4 Å². The van der Waals surface area contributed by atoms with Crippen LogP contribution in [0.25, 0.3) is 0 Å². The summed E-state index contributed by atoms with van der Waals surface area (Å²) in [7, 11) is 0. The van der Waals surface area contributed by atoms with E-state index in [9.17, 15) is 9.90 Å². The third kappa shape index (κ3) is 8.39. The van der Waals surface area contributed by atoms with Crippen molar-refractivity contribution in [1.82, 2.24) is 20.9 Å². The summed E-state index contributed by atoms with van der Waals surface area (Å²) in [6.45, 7) is 11.7. The van der Waals surface area contributed by atoms with E-state index in [2.05, 4.69) is 25.8 Å². The number of amides is 1. The molecule has 0 aromatic heterocycles. The molecule has 1 aromatic rings. The summed E-state index contributed by atoms with van der Waals surface area (Å²) >= 11 is 0. The fourth-order valence-electron chi connectivity index (χ4n) is 3.11. The number of nitrogens with one attached hydrogen (secondary N) is 3. The highest BCUT2D eigenvalue weighted by Gasteiger charge is 2.25. The van der Waals surface area contributed by atoms with Crippen LogP contribution in [0.1, 0.15) is 36.7 Å². The molecule has 1 amide bonds. The average Bonchev–Trinajstić information content (AvgIpc) is 2.71. The standard InChI is InChI=1S/C21H35N5O3/c1-4-22-19(27)18-8-6-17(7-9-18)14-24-20(23-5-2)25-15-21(3,28)16-26-10-12-29-13-11-26/h6-9,28H,4-5,10-16H2,1-3H3,(H,22,27)(H2,23,24,25). The van der Waals surface area contributed by atoms with Crippen LogP contribution in [0.15, 0.2) is 29.3 Å². The van der Waals surface area contributed by atoms with Gasteiger partial charge in [-0.25, -0.2) is 4.99 Å². The number of carbonyl (C=O) groups is 1. The van der Waals surface area contributed by atoms with Gasteiger partial charge in [-0.1, -0.05) is 12.1 Å². The number of hydrogen-bond acceptors (Lipinski definition) is 5. The number of aliphatic imine (C=N–C) groups is 1. The number of guanidine groups is 1. The second kappa shape index (κ2) is 11.7. The van der Waals surface area contributed by atoms with E-state index in [4.69, 9.17) is 4.74 Å². The topological polar surface area (TPSA) is 98.2 Å². The number of benzene rings is 1. The summed E-state index contributed by atoms with van der Waals surface area (Å²) in [5.41, 5.74) is 0.779. The van der Waals surface area contributed by atoms with Crippen molar-refractivity contribution in [2.75, 3.05) is 52.5 Å². The smallest absolute Gasteiger partial charge is 0.251 e. The van der Waals surface area contributed by atoms with Crippen LogP contribution in [0.4, 0.5) is 0 Å². The molecule has 0 bridgehead atoms. The Bertz CT molecular complexity index is 655. The molecular weight excluding hydrogens is 370 g/mol. The van der Waals surface area contributed by atoms with Gasteiger partial charge in [-0.2, -0.15) is 0 Å². The third-order valence-electron chi connectivity index (χ3n) is 4.62. The quantitative estimate of drug-likeness (QED) is 0.354. The van der Waals surface area contributed by atoms with E-state index < -0.39 is 5.60 Å². The predicted octanol–water partition coefficient (Wildman–Crippen LogP) is 0.575. The Labute approximate surface area is 173 Å². The van der Waals surface area contributed by atoms with Crippen molar-refractivity contribution in [3.63, 3.8) is 0 Å². The van der Waals surface area contributed by atoms with Crippen molar-refractivity contribution < 1.29 is 14.6 Å². The van der Waals surface area contributed by atoms with Gasteiger partial charge in [-0.05, 0) is 38.5 Å². The number of nitrogens with zero attached hydrogens (tertiary/aromatic N) is 2. The summed E-state index contributed by atoms with van der Waals surface area (Å²) in [6, 6.07) is 7.44. The average molecular weight is 406 g/mol. The molecule has 162 valence electrons. The lowest BCUT2D eigenvalue weighted by atomic mass is 10.1. The van der Waals surface area contributed by atoms with E-state index in [-0.39, 0.29) is 5.91 Å². The summed E-state index contributed by atoms with van der Waals surface area (Å²) in [5, 5.41) is 20.0. The van der Waals surface area contributed by atoms with Crippen LogP contribution in [0.2, 0.25) is 0 Å². The molecule has 1 fully saturated rings. The van der Waals surface area contributed by atoms with Crippen LogP contribution >= 0.6 is 0 Å². The molecular formula is C21H35N5O3. The number of β-amino-alcohol motifs (C(OH)–C–C–N with tert-alkyl or cyclic N) is 1. The zero-order valence-electron chi connectivity index (χ0n) is 17.8. The van der Waals surface area contributed by atoms with Gasteiger partial charge in [0.25, 0.3) is 5.91 Å². The largest absolute Gasteiger partial charge is 0.387 e. The zero-order chi connectivity index (χ0) is 21.1. The Morgan fingerprint density at radius 2 is 1.79 bits per heavy atom. The Kier molecular flexibility index (Phi) is 9.37. The first-order valence-electron chi connectivity index (χ1n) is 10.4. The van der Waals surface area contributed by atoms with Crippen LogP contribution in [0, 0.1) is 0 Å². The van der Waals surface area contributed by atoms with Gasteiger partial charge in [0.1, 0.15) is 0 Å². The summed E-state index contributed by atoms with van der Waals surface area (Å²) < 4.78 is 5.36. The zero-order valence-corrected chi connectivity index (χ0v) is 17.8. The number of carbonyl (C=O) groups excluding carboxylic acids is 1. The molecule has 0 radical (unpaired) electrons. The molecule has 8 heteroatoms. The van der Waals surface area contributed by atoms with Crippen LogP contribution < -0.4 is 16.0 Å². The van der Waals surface area contributed by atoms with Crippen molar-refractivity contribution >= 4 is 11.9 Å². The van der Waals surface area contributed by atoms with Gasteiger partial charge in [0.05, 0.1) is 25.4 Å². The lowest BCUT2D eigenvalue weighted by Crippen LogP contribution is -2.52. The normalized spacial score (nSPS) is 17.4. The minimum atomic E-state index is -0.873. The van der Waals surface area contributed by atoms with Gasteiger partial charge < -0.3 is 25.8 Å². The highest BCUT2D eigenvalue weighted by Crippen LogP contribution is 2.08. The van der Waals surface area contributed by atoms with Gasteiger partial charge in [0.15, 0.2) is 5.96 Å². The Morgan fingerprint density at radius 3 is 2.41 bits per heavy atom. The molecule has 1 aliphatic rings. The number of aliphatic hydroxyl groups is 1. The third-order valence-corrected chi connectivity index (χ3v) is 4.62. The summed E-state index contributed by atoms with van der Waals surface area (Å²) in [5.74, 6) is 0.586. The minimum absolute atomic E-state index is 0.0694. The maximum Gasteiger partial charge on any atom is 0.251 e. The molecule has 29 heavy (non-hydrogen) atoms. The van der Waals surface area contributed by atoms with Crippen molar-refractivity contribution in [2.45, 2.75) is 32.9 Å². The van der Waals surface area contributed by atoms with Gasteiger partial charge in [0, 0.05) is 44.8 Å². The molecule has 8 nitrogen and oxygen atoms in total. The molecule has 1 atom stereocenters. The second-order valence-electron chi connectivity index (χ2n) is 7.49. The van der Waals surface area contributed by atoms with Gasteiger partial charge in [0.2, 0.25) is 0 Å². The maximum atomic E-state index is 11.8. The van der Waals surface area contributed by atoms with E-state index in [1.54, 1.807) is 0 Å². The fraction of sp³-hybridized carbons (Fsp3) is 0.619.